The third-order valence-electron chi connectivity index (χ3n) is 3.11. The van der Waals surface area contributed by atoms with Crippen LogP contribution in [0.3, 0.4) is 0 Å². The number of halogens is 1. The van der Waals surface area contributed by atoms with Crippen molar-refractivity contribution in [3.8, 4) is 0 Å². The summed E-state index contributed by atoms with van der Waals surface area (Å²) in [4.78, 5) is 12.1. The second-order valence-corrected chi connectivity index (χ2v) is 7.18. The molecule has 2 rings (SSSR count). The summed E-state index contributed by atoms with van der Waals surface area (Å²) >= 11 is 5.73. The molecule has 0 unspecified atom stereocenters. The molecule has 0 bridgehead atoms. The van der Waals surface area contributed by atoms with Crippen molar-refractivity contribution in [3.05, 3.63) is 64.7 Å². The third-order valence-corrected chi connectivity index (χ3v) is 4.84. The first-order chi connectivity index (χ1) is 10.9. The van der Waals surface area contributed by atoms with Gasteiger partial charge in [0.15, 0.2) is 0 Å². The molecule has 0 heterocycles. The molecule has 0 aliphatic rings. The van der Waals surface area contributed by atoms with Crippen LogP contribution in [0.15, 0.2) is 53.4 Å². The lowest BCUT2D eigenvalue weighted by Gasteiger charge is -2.08. The molecule has 0 saturated heterocycles. The molecule has 5 nitrogen and oxygen atoms in total. The van der Waals surface area contributed by atoms with Crippen LogP contribution in [-0.2, 0) is 10.0 Å². The van der Waals surface area contributed by atoms with Gasteiger partial charge in [-0.2, -0.15) is 0 Å². The zero-order chi connectivity index (χ0) is 16.9. The molecule has 0 saturated carbocycles. The van der Waals surface area contributed by atoms with Crippen LogP contribution in [0.2, 0.25) is 5.02 Å². The van der Waals surface area contributed by atoms with Crippen molar-refractivity contribution in [2.24, 2.45) is 0 Å². The topological polar surface area (TPSA) is 75.3 Å². The molecule has 2 N–H and O–H groups in total. The molecule has 0 fully saturated rings. The van der Waals surface area contributed by atoms with Crippen molar-refractivity contribution < 1.29 is 13.2 Å². The molecule has 1 amide bonds. The fourth-order valence-electron chi connectivity index (χ4n) is 1.95. The number of benzene rings is 2. The molecule has 7 heteroatoms. The van der Waals surface area contributed by atoms with E-state index in [1.165, 1.54) is 24.3 Å². The number of aryl methyl sites for hydroxylation is 1. The molecule has 0 aromatic heterocycles. The molecular formula is C16H17ClN2O3S. The average Bonchev–Trinajstić information content (AvgIpc) is 2.52. The largest absolute Gasteiger partial charge is 0.351 e. The van der Waals surface area contributed by atoms with Crippen LogP contribution in [-0.4, -0.2) is 27.4 Å². The number of sulfonamides is 1. The summed E-state index contributed by atoms with van der Waals surface area (Å²) in [6.07, 6.45) is 0. The Morgan fingerprint density at radius 3 is 2.43 bits per heavy atom. The van der Waals surface area contributed by atoms with Gasteiger partial charge in [0, 0.05) is 23.7 Å². The van der Waals surface area contributed by atoms with Crippen molar-refractivity contribution >= 4 is 27.5 Å². The van der Waals surface area contributed by atoms with Gasteiger partial charge < -0.3 is 5.32 Å². The Bertz CT molecular complexity index is 789. The van der Waals surface area contributed by atoms with Gasteiger partial charge in [-0.3, -0.25) is 4.79 Å². The highest BCUT2D eigenvalue weighted by Crippen LogP contribution is 2.13. The van der Waals surface area contributed by atoms with Crippen LogP contribution in [0.5, 0.6) is 0 Å². The maximum atomic E-state index is 12.0. The molecule has 0 spiro atoms. The van der Waals surface area contributed by atoms with E-state index in [2.05, 4.69) is 10.0 Å². The van der Waals surface area contributed by atoms with Crippen LogP contribution < -0.4 is 10.0 Å². The summed E-state index contributed by atoms with van der Waals surface area (Å²) in [6, 6.07) is 13.1. The Kier molecular flexibility index (Phi) is 5.76. The average molecular weight is 353 g/mol. The summed E-state index contributed by atoms with van der Waals surface area (Å²) in [5, 5.41) is 3.14. The number of hydrogen-bond acceptors (Lipinski definition) is 3. The second-order valence-electron chi connectivity index (χ2n) is 4.98. The zero-order valence-electron chi connectivity index (χ0n) is 12.5. The van der Waals surface area contributed by atoms with Crippen molar-refractivity contribution in [1.82, 2.24) is 10.0 Å². The Labute approximate surface area is 140 Å². The van der Waals surface area contributed by atoms with E-state index in [1.54, 1.807) is 18.2 Å². The molecule has 0 aliphatic carbocycles. The van der Waals surface area contributed by atoms with Gasteiger partial charge in [0.2, 0.25) is 10.0 Å². The lowest BCUT2D eigenvalue weighted by molar-refractivity contribution is 0.0954. The van der Waals surface area contributed by atoms with Crippen LogP contribution in [0, 0.1) is 6.92 Å². The predicted molar refractivity (Wildman–Crippen MR) is 90.2 cm³/mol. The van der Waals surface area contributed by atoms with Crippen molar-refractivity contribution in [2.45, 2.75) is 11.8 Å². The molecule has 0 radical (unpaired) electrons. The van der Waals surface area contributed by atoms with Crippen molar-refractivity contribution in [3.63, 3.8) is 0 Å². The van der Waals surface area contributed by atoms with E-state index in [4.69, 9.17) is 11.6 Å². The first-order valence-corrected chi connectivity index (χ1v) is 8.85. The number of nitrogens with one attached hydrogen (secondary N) is 2. The predicted octanol–water partition coefficient (Wildman–Crippen LogP) is 2.36. The highest BCUT2D eigenvalue weighted by molar-refractivity contribution is 7.89. The Hall–Kier alpha value is -1.89. The molecule has 23 heavy (non-hydrogen) atoms. The van der Waals surface area contributed by atoms with Gasteiger partial charge in [-0.15, -0.1) is 0 Å². The maximum Gasteiger partial charge on any atom is 0.251 e. The monoisotopic (exact) mass is 352 g/mol. The minimum Gasteiger partial charge on any atom is -0.351 e. The van der Waals surface area contributed by atoms with Crippen LogP contribution in [0.4, 0.5) is 0 Å². The van der Waals surface area contributed by atoms with Crippen molar-refractivity contribution in [1.29, 1.82) is 0 Å². The van der Waals surface area contributed by atoms with Gasteiger partial charge in [-0.25, -0.2) is 13.1 Å². The zero-order valence-corrected chi connectivity index (χ0v) is 14.1. The summed E-state index contributed by atoms with van der Waals surface area (Å²) < 4.78 is 26.5. The summed E-state index contributed by atoms with van der Waals surface area (Å²) in [6.45, 7) is 2.19. The molecule has 122 valence electrons. The first-order valence-electron chi connectivity index (χ1n) is 6.98. The quantitative estimate of drug-likeness (QED) is 0.784. The number of amides is 1. The molecule has 2 aromatic carbocycles. The van der Waals surface area contributed by atoms with E-state index < -0.39 is 10.0 Å². The van der Waals surface area contributed by atoms with E-state index in [0.717, 1.165) is 5.56 Å². The van der Waals surface area contributed by atoms with Gasteiger partial charge in [0.25, 0.3) is 5.91 Å². The molecular weight excluding hydrogens is 336 g/mol. The third kappa shape index (κ3) is 5.06. The lowest BCUT2D eigenvalue weighted by Crippen LogP contribution is -2.34. The summed E-state index contributed by atoms with van der Waals surface area (Å²) in [7, 11) is -3.61. The van der Waals surface area contributed by atoms with E-state index in [-0.39, 0.29) is 23.9 Å². The minimum atomic E-state index is -3.61. The normalized spacial score (nSPS) is 11.2. The van der Waals surface area contributed by atoms with Crippen molar-refractivity contribution in [2.75, 3.05) is 13.1 Å². The smallest absolute Gasteiger partial charge is 0.251 e. The number of rotatable bonds is 6. The first kappa shape index (κ1) is 17.5. The van der Waals surface area contributed by atoms with Crippen LogP contribution in [0.1, 0.15) is 15.9 Å². The van der Waals surface area contributed by atoms with E-state index in [0.29, 0.717) is 10.6 Å². The van der Waals surface area contributed by atoms with E-state index in [1.807, 2.05) is 13.0 Å². The van der Waals surface area contributed by atoms with Crippen LogP contribution in [0.25, 0.3) is 0 Å². The number of hydrogen-bond donors (Lipinski definition) is 2. The van der Waals surface area contributed by atoms with Gasteiger partial charge in [0.1, 0.15) is 0 Å². The van der Waals surface area contributed by atoms with Gasteiger partial charge >= 0.3 is 0 Å². The minimum absolute atomic E-state index is 0.0997. The molecule has 0 atom stereocenters. The van der Waals surface area contributed by atoms with E-state index in [9.17, 15) is 13.2 Å². The standard InChI is InChI=1S/C16H17ClN2O3S/c1-12-3-2-4-13(11-12)16(20)18-9-10-19-23(21,22)15-7-5-14(17)6-8-15/h2-8,11,19H,9-10H2,1H3,(H,18,20). The Morgan fingerprint density at radius 2 is 1.78 bits per heavy atom. The lowest BCUT2D eigenvalue weighted by atomic mass is 10.1. The van der Waals surface area contributed by atoms with Gasteiger partial charge in [-0.1, -0.05) is 29.3 Å². The Balaban J connectivity index is 1.85. The fourth-order valence-corrected chi connectivity index (χ4v) is 3.10. The fraction of sp³-hybridized carbons (Fsp3) is 0.188. The highest BCUT2D eigenvalue weighted by Gasteiger charge is 2.13. The summed E-state index contributed by atoms with van der Waals surface area (Å²) in [5.41, 5.74) is 1.53. The van der Waals surface area contributed by atoms with Crippen LogP contribution >= 0.6 is 11.6 Å². The summed E-state index contributed by atoms with van der Waals surface area (Å²) in [5.74, 6) is -0.237. The van der Waals surface area contributed by atoms with Gasteiger partial charge in [0.05, 0.1) is 4.90 Å². The SMILES string of the molecule is Cc1cccc(C(=O)NCCNS(=O)(=O)c2ccc(Cl)cc2)c1. The van der Waals surface area contributed by atoms with E-state index >= 15 is 0 Å². The highest BCUT2D eigenvalue weighted by atomic mass is 35.5. The van der Waals surface area contributed by atoms with Gasteiger partial charge in [-0.05, 0) is 43.3 Å². The molecule has 0 aliphatic heterocycles. The maximum absolute atomic E-state index is 12.0. The molecule has 2 aromatic rings. The second kappa shape index (κ2) is 7.59. The number of carbonyl (C=O) groups excluding carboxylic acids is 1. The number of carbonyl (C=O) groups is 1. The Morgan fingerprint density at radius 1 is 1.09 bits per heavy atom.